The van der Waals surface area contributed by atoms with Gasteiger partial charge in [-0.2, -0.15) is 0 Å². The minimum Gasteiger partial charge on any atom is -0.395 e. The summed E-state index contributed by atoms with van der Waals surface area (Å²) in [4.78, 5) is 12.8. The lowest BCUT2D eigenvalue weighted by Crippen LogP contribution is -2.57. The predicted octanol–water partition coefficient (Wildman–Crippen LogP) is -0.810. The van der Waals surface area contributed by atoms with Gasteiger partial charge in [-0.05, 0) is 6.42 Å². The lowest BCUT2D eigenvalue weighted by molar-refractivity contribution is -0.139. The molecule has 0 aromatic heterocycles. The largest absolute Gasteiger partial charge is 0.395 e. The molecule has 1 aliphatic heterocycles. The third-order valence-corrected chi connectivity index (χ3v) is 2.49. The van der Waals surface area contributed by atoms with Crippen molar-refractivity contribution in [3.8, 4) is 0 Å². The Balaban J connectivity index is 2.65. The molecular weight excluding hydrogens is 222 g/mol. The Labute approximate surface area is 92.2 Å². The number of hydrogen-bond acceptors (Lipinski definition) is 4. The van der Waals surface area contributed by atoms with Gasteiger partial charge >= 0.3 is 0 Å². The summed E-state index contributed by atoms with van der Waals surface area (Å²) in [6.45, 7) is -0.823. The molecule has 16 heavy (non-hydrogen) atoms. The van der Waals surface area contributed by atoms with Gasteiger partial charge in [0.1, 0.15) is 5.54 Å². The molecule has 0 saturated carbocycles. The highest BCUT2D eigenvalue weighted by atomic mass is 19.3. The van der Waals surface area contributed by atoms with Crippen LogP contribution in [0.2, 0.25) is 0 Å². The zero-order valence-corrected chi connectivity index (χ0v) is 8.86. The van der Waals surface area contributed by atoms with Crippen LogP contribution in [-0.4, -0.2) is 60.8 Å². The smallest absolute Gasteiger partial charge is 0.255 e. The van der Waals surface area contributed by atoms with Crippen LogP contribution in [0.1, 0.15) is 6.42 Å². The fourth-order valence-electron chi connectivity index (χ4n) is 1.63. The molecule has 0 aromatic rings. The van der Waals surface area contributed by atoms with Crippen molar-refractivity contribution in [2.45, 2.75) is 18.4 Å². The number of aliphatic hydroxyl groups excluding tert-OH is 1. The fraction of sp³-hybridized carbons (Fsp3) is 0.889. The van der Waals surface area contributed by atoms with E-state index in [1.54, 1.807) is 0 Å². The Morgan fingerprint density at radius 1 is 1.62 bits per heavy atom. The van der Waals surface area contributed by atoms with Crippen molar-refractivity contribution < 1.29 is 23.4 Å². The van der Waals surface area contributed by atoms with Crippen LogP contribution in [0.4, 0.5) is 8.78 Å². The second-order valence-corrected chi connectivity index (χ2v) is 3.82. The van der Waals surface area contributed by atoms with Crippen LogP contribution in [0.5, 0.6) is 0 Å². The normalized spacial score (nSPS) is 25.1. The van der Waals surface area contributed by atoms with E-state index in [1.165, 1.54) is 0 Å². The van der Waals surface area contributed by atoms with E-state index >= 15 is 0 Å². The van der Waals surface area contributed by atoms with Crippen LogP contribution in [0.15, 0.2) is 0 Å². The van der Waals surface area contributed by atoms with Gasteiger partial charge in [0, 0.05) is 13.2 Å². The van der Waals surface area contributed by atoms with Gasteiger partial charge in [0.2, 0.25) is 5.91 Å². The number of carbonyl (C=O) groups excluding carboxylic acids is 1. The predicted molar refractivity (Wildman–Crippen MR) is 52.0 cm³/mol. The Morgan fingerprint density at radius 3 is 2.75 bits per heavy atom. The van der Waals surface area contributed by atoms with Crippen molar-refractivity contribution in [2.24, 2.45) is 5.73 Å². The molecule has 5 nitrogen and oxygen atoms in total. The van der Waals surface area contributed by atoms with Gasteiger partial charge < -0.3 is 20.5 Å². The minimum absolute atomic E-state index is 0.0387. The number of rotatable bonds is 5. The number of halogens is 2. The minimum atomic E-state index is -2.64. The number of hydrogen-bond donors (Lipinski definition) is 2. The first-order valence-corrected chi connectivity index (χ1v) is 5.04. The molecule has 1 atom stereocenters. The number of carbonyl (C=O) groups is 1. The molecule has 0 aromatic carbocycles. The van der Waals surface area contributed by atoms with Crippen LogP contribution in [-0.2, 0) is 9.53 Å². The van der Waals surface area contributed by atoms with E-state index in [1.807, 2.05) is 0 Å². The van der Waals surface area contributed by atoms with E-state index in [-0.39, 0.29) is 19.8 Å². The number of nitrogens with zero attached hydrogens (tertiary/aromatic N) is 1. The summed E-state index contributed by atoms with van der Waals surface area (Å²) in [5.41, 5.74) is 4.55. The Hall–Kier alpha value is -0.790. The number of nitrogens with two attached hydrogens (primary N) is 1. The number of amides is 1. The molecule has 7 heteroatoms. The molecule has 1 aliphatic rings. The summed E-state index contributed by atoms with van der Waals surface area (Å²) < 4.78 is 29.5. The Morgan fingerprint density at radius 2 is 2.31 bits per heavy atom. The summed E-state index contributed by atoms with van der Waals surface area (Å²) >= 11 is 0. The van der Waals surface area contributed by atoms with Crippen molar-refractivity contribution in [3.63, 3.8) is 0 Å². The number of ether oxygens (including phenoxy) is 1. The van der Waals surface area contributed by atoms with Crippen molar-refractivity contribution in [1.29, 1.82) is 0 Å². The molecule has 1 amide bonds. The monoisotopic (exact) mass is 238 g/mol. The molecule has 94 valence electrons. The van der Waals surface area contributed by atoms with Gasteiger partial charge in [-0.15, -0.1) is 0 Å². The molecule has 0 spiro atoms. The Kier molecular flexibility index (Phi) is 4.57. The van der Waals surface area contributed by atoms with E-state index < -0.39 is 24.4 Å². The third-order valence-electron chi connectivity index (χ3n) is 2.49. The molecule has 1 fully saturated rings. The van der Waals surface area contributed by atoms with Crippen LogP contribution in [0, 0.1) is 0 Å². The molecule has 1 saturated heterocycles. The second kappa shape index (κ2) is 5.51. The third kappa shape index (κ3) is 3.10. The number of alkyl halides is 2. The standard InChI is InChI=1S/C9H16F2N2O3/c10-7(11)5-13(2-3-14)8(15)9(12)1-4-16-6-9/h7,14H,1-6,12H2. The number of aliphatic hydroxyl groups is 1. The molecule has 0 bridgehead atoms. The maximum atomic E-state index is 12.2. The van der Waals surface area contributed by atoms with Gasteiger partial charge in [-0.3, -0.25) is 4.79 Å². The van der Waals surface area contributed by atoms with E-state index in [4.69, 9.17) is 15.6 Å². The van der Waals surface area contributed by atoms with Crippen LogP contribution >= 0.6 is 0 Å². The highest BCUT2D eigenvalue weighted by Crippen LogP contribution is 2.19. The molecular formula is C9H16F2N2O3. The summed E-state index contributed by atoms with van der Waals surface area (Å²) in [6.07, 6.45) is -2.32. The van der Waals surface area contributed by atoms with Crippen molar-refractivity contribution in [1.82, 2.24) is 4.90 Å². The van der Waals surface area contributed by atoms with Gasteiger partial charge in [-0.1, -0.05) is 0 Å². The van der Waals surface area contributed by atoms with E-state index in [0.29, 0.717) is 13.0 Å². The maximum Gasteiger partial charge on any atom is 0.255 e. The van der Waals surface area contributed by atoms with E-state index in [2.05, 4.69) is 0 Å². The topological polar surface area (TPSA) is 75.8 Å². The quantitative estimate of drug-likeness (QED) is 0.657. The first-order valence-electron chi connectivity index (χ1n) is 5.04. The summed E-state index contributed by atoms with van der Waals surface area (Å²) in [5, 5.41) is 8.71. The zero-order chi connectivity index (χ0) is 12.2. The molecule has 0 aliphatic carbocycles. The summed E-state index contributed by atoms with van der Waals surface area (Å²) in [7, 11) is 0. The highest BCUT2D eigenvalue weighted by Gasteiger charge is 2.41. The molecule has 1 rings (SSSR count). The molecule has 3 N–H and O–H groups in total. The SMILES string of the molecule is NC1(C(=O)N(CCO)CC(F)F)CCOC1. The summed E-state index contributed by atoms with van der Waals surface area (Å²) in [5.74, 6) is -0.584. The second-order valence-electron chi connectivity index (χ2n) is 3.82. The van der Waals surface area contributed by atoms with Crippen molar-refractivity contribution >= 4 is 5.91 Å². The van der Waals surface area contributed by atoms with Crippen molar-refractivity contribution in [2.75, 3.05) is 32.9 Å². The van der Waals surface area contributed by atoms with Gasteiger partial charge in [0.05, 0.1) is 19.8 Å². The molecule has 1 heterocycles. The fourth-order valence-corrected chi connectivity index (χ4v) is 1.63. The average Bonchev–Trinajstić information content (AvgIpc) is 2.64. The molecule has 1 unspecified atom stereocenters. The van der Waals surface area contributed by atoms with Crippen molar-refractivity contribution in [3.05, 3.63) is 0 Å². The van der Waals surface area contributed by atoms with Gasteiger partial charge in [-0.25, -0.2) is 8.78 Å². The average molecular weight is 238 g/mol. The highest BCUT2D eigenvalue weighted by molar-refractivity contribution is 5.86. The van der Waals surface area contributed by atoms with Crippen LogP contribution in [0.3, 0.4) is 0 Å². The van der Waals surface area contributed by atoms with E-state index in [0.717, 1.165) is 4.90 Å². The zero-order valence-electron chi connectivity index (χ0n) is 8.86. The first-order chi connectivity index (χ1) is 7.49. The van der Waals surface area contributed by atoms with Crippen LogP contribution in [0.25, 0.3) is 0 Å². The van der Waals surface area contributed by atoms with E-state index in [9.17, 15) is 13.6 Å². The maximum absolute atomic E-state index is 12.2. The first kappa shape index (κ1) is 13.3. The summed E-state index contributed by atoms with van der Waals surface area (Å²) in [6, 6.07) is 0. The molecule has 0 radical (unpaired) electrons. The lowest BCUT2D eigenvalue weighted by Gasteiger charge is -2.29. The Bertz CT molecular complexity index is 245. The van der Waals surface area contributed by atoms with Gasteiger partial charge in [0.25, 0.3) is 6.43 Å². The van der Waals surface area contributed by atoms with Crippen LogP contribution < -0.4 is 5.73 Å². The van der Waals surface area contributed by atoms with Gasteiger partial charge in [0.15, 0.2) is 0 Å². The lowest BCUT2D eigenvalue weighted by atomic mass is 9.98.